The molecular formula is C22H26N3+. The molecule has 0 N–H and O–H groups in total. The van der Waals surface area contributed by atoms with Crippen molar-refractivity contribution in [1.82, 2.24) is 9.78 Å². The van der Waals surface area contributed by atoms with Gasteiger partial charge in [0.25, 0.3) is 0 Å². The third-order valence-corrected chi connectivity index (χ3v) is 5.67. The van der Waals surface area contributed by atoms with E-state index in [1.54, 1.807) is 0 Å². The second-order valence-corrected chi connectivity index (χ2v) is 7.13. The highest BCUT2D eigenvalue weighted by Crippen LogP contribution is 2.42. The van der Waals surface area contributed by atoms with Gasteiger partial charge in [0.15, 0.2) is 12.2 Å². The van der Waals surface area contributed by atoms with E-state index in [0.29, 0.717) is 12.0 Å². The molecule has 1 aliphatic rings. The SMILES string of the molecule is CCC1c2ccc(-c3ccnn3C)cc2-c2cc(C)cc[n+]2C1CC. The number of hydrogen-bond acceptors (Lipinski definition) is 1. The van der Waals surface area contributed by atoms with E-state index in [1.807, 2.05) is 17.9 Å². The van der Waals surface area contributed by atoms with Gasteiger partial charge in [0.05, 0.1) is 11.3 Å². The summed E-state index contributed by atoms with van der Waals surface area (Å²) in [5.74, 6) is 0.570. The van der Waals surface area contributed by atoms with E-state index in [1.165, 1.54) is 27.9 Å². The van der Waals surface area contributed by atoms with Gasteiger partial charge in [-0.25, -0.2) is 0 Å². The van der Waals surface area contributed by atoms with Crippen LogP contribution >= 0.6 is 0 Å². The van der Waals surface area contributed by atoms with Crippen molar-refractivity contribution in [3.63, 3.8) is 0 Å². The Morgan fingerprint density at radius 2 is 1.92 bits per heavy atom. The van der Waals surface area contributed by atoms with Crippen LogP contribution in [0.2, 0.25) is 0 Å². The first-order valence-electron chi connectivity index (χ1n) is 9.28. The van der Waals surface area contributed by atoms with Gasteiger partial charge >= 0.3 is 0 Å². The van der Waals surface area contributed by atoms with Gasteiger partial charge in [0, 0.05) is 43.3 Å². The molecule has 25 heavy (non-hydrogen) atoms. The Bertz CT molecular complexity index is 923. The molecule has 0 aliphatic carbocycles. The van der Waals surface area contributed by atoms with Gasteiger partial charge in [-0.2, -0.15) is 9.67 Å². The summed E-state index contributed by atoms with van der Waals surface area (Å²) in [6, 6.07) is 14.1. The second kappa shape index (κ2) is 6.14. The van der Waals surface area contributed by atoms with E-state index in [-0.39, 0.29) is 0 Å². The fourth-order valence-corrected chi connectivity index (χ4v) is 4.41. The number of aromatic nitrogens is 3. The molecule has 128 valence electrons. The molecule has 3 nitrogen and oxygen atoms in total. The van der Waals surface area contributed by atoms with Crippen molar-refractivity contribution < 1.29 is 4.57 Å². The van der Waals surface area contributed by atoms with Gasteiger partial charge in [-0.15, -0.1) is 0 Å². The van der Waals surface area contributed by atoms with Crippen molar-refractivity contribution in [3.8, 4) is 22.5 Å². The van der Waals surface area contributed by atoms with Gasteiger partial charge in [-0.3, -0.25) is 4.68 Å². The minimum absolute atomic E-state index is 0.538. The number of nitrogens with zero attached hydrogens (tertiary/aromatic N) is 3. The number of benzene rings is 1. The van der Waals surface area contributed by atoms with Gasteiger partial charge in [-0.05, 0) is 36.6 Å². The highest BCUT2D eigenvalue weighted by atomic mass is 15.3. The minimum Gasteiger partial charge on any atom is -0.268 e. The predicted octanol–water partition coefficient (Wildman–Crippen LogP) is 4.81. The molecule has 2 aromatic heterocycles. The molecule has 0 amide bonds. The Balaban J connectivity index is 1.96. The average Bonchev–Trinajstić information content (AvgIpc) is 3.06. The molecule has 3 aromatic rings. The zero-order valence-corrected chi connectivity index (χ0v) is 15.5. The Morgan fingerprint density at radius 3 is 2.60 bits per heavy atom. The van der Waals surface area contributed by atoms with E-state index < -0.39 is 0 Å². The summed E-state index contributed by atoms with van der Waals surface area (Å²) in [7, 11) is 2.00. The van der Waals surface area contributed by atoms with E-state index in [4.69, 9.17) is 0 Å². The molecule has 2 atom stereocenters. The number of rotatable bonds is 3. The van der Waals surface area contributed by atoms with Crippen molar-refractivity contribution in [3.05, 3.63) is 59.9 Å². The summed E-state index contributed by atoms with van der Waals surface area (Å²) in [4.78, 5) is 0. The highest BCUT2D eigenvalue weighted by molar-refractivity contribution is 5.72. The Morgan fingerprint density at radius 1 is 1.08 bits per heavy atom. The van der Waals surface area contributed by atoms with E-state index >= 15 is 0 Å². The molecular weight excluding hydrogens is 306 g/mol. The first kappa shape index (κ1) is 16.1. The lowest BCUT2D eigenvalue weighted by atomic mass is 9.79. The van der Waals surface area contributed by atoms with Crippen LogP contribution in [0, 0.1) is 6.92 Å². The van der Waals surface area contributed by atoms with Crippen molar-refractivity contribution in [1.29, 1.82) is 0 Å². The smallest absolute Gasteiger partial charge is 0.213 e. The van der Waals surface area contributed by atoms with Crippen molar-refractivity contribution in [2.45, 2.75) is 45.6 Å². The van der Waals surface area contributed by atoms with Crippen molar-refractivity contribution >= 4 is 0 Å². The molecule has 1 aromatic carbocycles. The predicted molar refractivity (Wildman–Crippen MR) is 101 cm³/mol. The van der Waals surface area contributed by atoms with Crippen LogP contribution in [0.25, 0.3) is 22.5 Å². The summed E-state index contributed by atoms with van der Waals surface area (Å²) in [6.45, 7) is 6.79. The normalized spacial score (nSPS) is 18.7. The summed E-state index contributed by atoms with van der Waals surface area (Å²) >= 11 is 0. The topological polar surface area (TPSA) is 21.7 Å². The van der Waals surface area contributed by atoms with Gasteiger partial charge in [0.1, 0.15) is 0 Å². The summed E-state index contributed by atoms with van der Waals surface area (Å²) in [5, 5.41) is 4.33. The van der Waals surface area contributed by atoms with Crippen LogP contribution in [0.4, 0.5) is 0 Å². The first-order valence-corrected chi connectivity index (χ1v) is 9.28. The quantitative estimate of drug-likeness (QED) is 0.631. The summed E-state index contributed by atoms with van der Waals surface area (Å²) < 4.78 is 4.44. The van der Waals surface area contributed by atoms with Crippen molar-refractivity contribution in [2.75, 3.05) is 0 Å². The highest BCUT2D eigenvalue weighted by Gasteiger charge is 2.38. The number of fused-ring (bicyclic) bond motifs is 3. The lowest BCUT2D eigenvalue weighted by molar-refractivity contribution is -0.718. The van der Waals surface area contributed by atoms with Crippen molar-refractivity contribution in [2.24, 2.45) is 7.05 Å². The molecule has 0 radical (unpaired) electrons. The third kappa shape index (κ3) is 2.50. The molecule has 2 unspecified atom stereocenters. The molecule has 0 saturated heterocycles. The Kier molecular flexibility index (Phi) is 3.95. The summed E-state index contributed by atoms with van der Waals surface area (Å²) in [6.07, 6.45) is 6.46. The van der Waals surface area contributed by atoms with Crippen LogP contribution in [-0.4, -0.2) is 9.78 Å². The molecule has 4 rings (SSSR count). The maximum Gasteiger partial charge on any atom is 0.213 e. The average molecular weight is 332 g/mol. The van der Waals surface area contributed by atoms with Gasteiger partial charge < -0.3 is 0 Å². The van der Waals surface area contributed by atoms with E-state index in [2.05, 4.69) is 73.0 Å². The molecule has 0 spiro atoms. The Hall–Kier alpha value is -2.42. The Labute approximate surface area is 149 Å². The fourth-order valence-electron chi connectivity index (χ4n) is 4.41. The number of hydrogen-bond donors (Lipinski definition) is 0. The molecule has 3 heteroatoms. The third-order valence-electron chi connectivity index (χ3n) is 5.67. The monoisotopic (exact) mass is 332 g/mol. The number of pyridine rings is 1. The molecule has 0 bridgehead atoms. The molecule has 0 saturated carbocycles. The van der Waals surface area contributed by atoms with Crippen LogP contribution < -0.4 is 4.57 Å². The van der Waals surface area contributed by atoms with Crippen LogP contribution in [0.15, 0.2) is 48.8 Å². The fraction of sp³-hybridized carbons (Fsp3) is 0.364. The van der Waals surface area contributed by atoms with E-state index in [0.717, 1.165) is 18.5 Å². The zero-order valence-electron chi connectivity index (χ0n) is 15.5. The maximum atomic E-state index is 4.33. The summed E-state index contributed by atoms with van der Waals surface area (Å²) in [5.41, 5.74) is 7.91. The van der Waals surface area contributed by atoms with Crippen LogP contribution in [0.5, 0.6) is 0 Å². The minimum atomic E-state index is 0.538. The molecule has 0 fully saturated rings. The van der Waals surface area contributed by atoms with Crippen LogP contribution in [-0.2, 0) is 7.05 Å². The maximum absolute atomic E-state index is 4.33. The lowest BCUT2D eigenvalue weighted by Crippen LogP contribution is -2.47. The van der Waals surface area contributed by atoms with Crippen LogP contribution in [0.3, 0.4) is 0 Å². The van der Waals surface area contributed by atoms with E-state index in [9.17, 15) is 0 Å². The molecule has 1 aliphatic heterocycles. The van der Waals surface area contributed by atoms with Gasteiger partial charge in [0.2, 0.25) is 5.69 Å². The van der Waals surface area contributed by atoms with Crippen LogP contribution in [0.1, 0.15) is 49.8 Å². The molecule has 3 heterocycles. The second-order valence-electron chi connectivity index (χ2n) is 7.13. The number of aryl methyl sites for hydroxylation is 2. The zero-order chi connectivity index (χ0) is 17.6. The lowest BCUT2D eigenvalue weighted by Gasteiger charge is -2.30. The standard InChI is InChI=1S/C22H26N3/c1-5-17-18-8-7-16(21-9-11-23-24(21)4)14-19(18)22-13-15(3)10-12-25(22)20(17)6-2/h7-14,17,20H,5-6H2,1-4H3/q+1. The van der Waals surface area contributed by atoms with Gasteiger partial charge in [-0.1, -0.05) is 26.0 Å². The first-order chi connectivity index (χ1) is 12.1. The largest absolute Gasteiger partial charge is 0.268 e.